The maximum absolute atomic E-state index is 11.3. The summed E-state index contributed by atoms with van der Waals surface area (Å²) in [5.74, 6) is -0.187. The van der Waals surface area contributed by atoms with Crippen LogP contribution in [0.1, 0.15) is 26.3 Å². The van der Waals surface area contributed by atoms with Crippen LogP contribution in [0.3, 0.4) is 0 Å². The minimum absolute atomic E-state index is 0.429. The molecule has 4 nitrogen and oxygen atoms in total. The standard InChI is InChI=1S/C14H20ClNO3/c1-5-16(14(2,3)13(17)18)9-10-11(15)7-6-8-12(10)19-4/h6-8H,5,9H2,1-4H3,(H,17,18). The van der Waals surface area contributed by atoms with Crippen LogP contribution in [0.25, 0.3) is 0 Å². The van der Waals surface area contributed by atoms with Gasteiger partial charge in [0, 0.05) is 17.1 Å². The second kappa shape index (κ2) is 6.26. The molecule has 1 aromatic carbocycles. The Morgan fingerprint density at radius 1 is 1.47 bits per heavy atom. The molecule has 0 bridgehead atoms. The Bertz CT molecular complexity index is 460. The van der Waals surface area contributed by atoms with Crippen molar-refractivity contribution in [1.82, 2.24) is 4.90 Å². The Morgan fingerprint density at radius 3 is 2.58 bits per heavy atom. The zero-order valence-electron chi connectivity index (χ0n) is 11.7. The molecule has 0 atom stereocenters. The molecule has 0 aliphatic heterocycles. The lowest BCUT2D eigenvalue weighted by atomic mass is 10.0. The van der Waals surface area contributed by atoms with Crippen molar-refractivity contribution in [1.29, 1.82) is 0 Å². The summed E-state index contributed by atoms with van der Waals surface area (Å²) < 4.78 is 5.29. The average Bonchev–Trinajstić information content (AvgIpc) is 2.36. The molecular formula is C14H20ClNO3. The van der Waals surface area contributed by atoms with E-state index in [1.165, 1.54) is 0 Å². The topological polar surface area (TPSA) is 49.8 Å². The monoisotopic (exact) mass is 285 g/mol. The number of hydrogen-bond acceptors (Lipinski definition) is 3. The van der Waals surface area contributed by atoms with E-state index in [9.17, 15) is 9.90 Å². The number of hydrogen-bond donors (Lipinski definition) is 1. The highest BCUT2D eigenvalue weighted by Gasteiger charge is 2.34. The number of likely N-dealkylation sites (N-methyl/N-ethyl adjacent to an activating group) is 1. The van der Waals surface area contributed by atoms with Crippen LogP contribution in [0.4, 0.5) is 0 Å². The minimum Gasteiger partial charge on any atom is -0.496 e. The molecule has 0 aliphatic rings. The van der Waals surface area contributed by atoms with Gasteiger partial charge in [-0.05, 0) is 32.5 Å². The molecule has 0 heterocycles. The van der Waals surface area contributed by atoms with E-state index in [4.69, 9.17) is 16.3 Å². The second-order valence-corrected chi connectivity index (χ2v) is 5.21. The van der Waals surface area contributed by atoms with Gasteiger partial charge in [-0.1, -0.05) is 24.6 Å². The Balaban J connectivity index is 3.09. The molecule has 0 aromatic heterocycles. The number of methoxy groups -OCH3 is 1. The van der Waals surface area contributed by atoms with E-state index in [2.05, 4.69) is 0 Å². The molecule has 0 saturated carbocycles. The van der Waals surface area contributed by atoms with Crippen molar-refractivity contribution < 1.29 is 14.6 Å². The number of carboxylic acid groups (broad SMARTS) is 1. The minimum atomic E-state index is -0.959. The van der Waals surface area contributed by atoms with Gasteiger partial charge in [0.2, 0.25) is 0 Å². The Kier molecular flexibility index (Phi) is 5.20. The molecule has 0 unspecified atom stereocenters. The van der Waals surface area contributed by atoms with E-state index in [1.807, 2.05) is 24.0 Å². The van der Waals surface area contributed by atoms with Gasteiger partial charge in [0.05, 0.1) is 7.11 Å². The van der Waals surface area contributed by atoms with E-state index in [0.29, 0.717) is 23.9 Å². The third-order valence-corrected chi connectivity index (χ3v) is 3.69. The lowest BCUT2D eigenvalue weighted by molar-refractivity contribution is -0.149. The fourth-order valence-corrected chi connectivity index (χ4v) is 2.14. The Morgan fingerprint density at radius 2 is 2.11 bits per heavy atom. The van der Waals surface area contributed by atoms with Crippen LogP contribution in [0.15, 0.2) is 18.2 Å². The van der Waals surface area contributed by atoms with Gasteiger partial charge in [0.25, 0.3) is 0 Å². The normalized spacial score (nSPS) is 11.7. The number of nitrogens with zero attached hydrogens (tertiary/aromatic N) is 1. The van der Waals surface area contributed by atoms with Gasteiger partial charge < -0.3 is 9.84 Å². The number of halogens is 1. The fraction of sp³-hybridized carbons (Fsp3) is 0.500. The van der Waals surface area contributed by atoms with Crippen molar-refractivity contribution in [2.45, 2.75) is 32.9 Å². The molecular weight excluding hydrogens is 266 g/mol. The SMILES string of the molecule is CCN(Cc1c(Cl)cccc1OC)C(C)(C)C(=O)O. The Labute approximate surface area is 118 Å². The molecule has 0 radical (unpaired) electrons. The summed E-state index contributed by atoms with van der Waals surface area (Å²) in [5, 5.41) is 9.89. The third kappa shape index (κ3) is 3.39. The van der Waals surface area contributed by atoms with Gasteiger partial charge in [-0.15, -0.1) is 0 Å². The number of aliphatic carboxylic acids is 1. The van der Waals surface area contributed by atoms with Gasteiger partial charge in [0.1, 0.15) is 11.3 Å². The number of ether oxygens (including phenoxy) is 1. The first-order chi connectivity index (χ1) is 8.84. The number of carboxylic acids is 1. The molecule has 1 N–H and O–H groups in total. The van der Waals surface area contributed by atoms with Crippen molar-refractivity contribution in [3.05, 3.63) is 28.8 Å². The maximum atomic E-state index is 11.3. The number of carbonyl (C=O) groups is 1. The molecule has 106 valence electrons. The molecule has 1 rings (SSSR count). The van der Waals surface area contributed by atoms with Crippen molar-refractivity contribution >= 4 is 17.6 Å². The highest BCUT2D eigenvalue weighted by Crippen LogP contribution is 2.29. The van der Waals surface area contributed by atoms with Gasteiger partial charge in [-0.25, -0.2) is 0 Å². The molecule has 0 fully saturated rings. The van der Waals surface area contributed by atoms with Crippen LogP contribution < -0.4 is 4.74 Å². The highest BCUT2D eigenvalue weighted by atomic mass is 35.5. The van der Waals surface area contributed by atoms with Crippen molar-refractivity contribution in [3.63, 3.8) is 0 Å². The summed E-state index contributed by atoms with van der Waals surface area (Å²) in [6, 6.07) is 5.41. The lowest BCUT2D eigenvalue weighted by Crippen LogP contribution is -2.49. The molecule has 0 amide bonds. The predicted octanol–water partition coefficient (Wildman–Crippen LogP) is 3.03. The van der Waals surface area contributed by atoms with Crippen LogP contribution in [-0.4, -0.2) is 35.2 Å². The van der Waals surface area contributed by atoms with Gasteiger partial charge in [0.15, 0.2) is 0 Å². The van der Waals surface area contributed by atoms with Crippen molar-refractivity contribution in [2.24, 2.45) is 0 Å². The number of benzene rings is 1. The lowest BCUT2D eigenvalue weighted by Gasteiger charge is -2.34. The van der Waals surface area contributed by atoms with E-state index in [1.54, 1.807) is 27.0 Å². The van der Waals surface area contributed by atoms with Crippen LogP contribution in [0.5, 0.6) is 5.75 Å². The largest absolute Gasteiger partial charge is 0.496 e. The first kappa shape index (κ1) is 15.8. The molecule has 0 aliphatic carbocycles. The first-order valence-corrected chi connectivity index (χ1v) is 6.52. The van der Waals surface area contributed by atoms with E-state index < -0.39 is 11.5 Å². The van der Waals surface area contributed by atoms with E-state index in [-0.39, 0.29) is 0 Å². The van der Waals surface area contributed by atoms with Crippen LogP contribution in [0, 0.1) is 0 Å². The fourth-order valence-electron chi connectivity index (χ4n) is 1.91. The second-order valence-electron chi connectivity index (χ2n) is 4.80. The summed E-state index contributed by atoms with van der Waals surface area (Å²) in [5.41, 5.74) is -0.151. The molecule has 19 heavy (non-hydrogen) atoms. The van der Waals surface area contributed by atoms with Crippen molar-refractivity contribution in [2.75, 3.05) is 13.7 Å². The quantitative estimate of drug-likeness (QED) is 0.873. The summed E-state index contributed by atoms with van der Waals surface area (Å²) in [6.07, 6.45) is 0. The molecule has 0 spiro atoms. The van der Waals surface area contributed by atoms with Crippen LogP contribution in [-0.2, 0) is 11.3 Å². The molecule has 0 saturated heterocycles. The third-order valence-electron chi connectivity index (χ3n) is 3.34. The zero-order valence-corrected chi connectivity index (χ0v) is 12.5. The van der Waals surface area contributed by atoms with Gasteiger partial charge in [-0.2, -0.15) is 0 Å². The van der Waals surface area contributed by atoms with Crippen molar-refractivity contribution in [3.8, 4) is 5.75 Å². The van der Waals surface area contributed by atoms with Gasteiger partial charge >= 0.3 is 5.97 Å². The smallest absolute Gasteiger partial charge is 0.323 e. The zero-order chi connectivity index (χ0) is 14.6. The first-order valence-electron chi connectivity index (χ1n) is 6.14. The summed E-state index contributed by atoms with van der Waals surface area (Å²) >= 11 is 6.18. The maximum Gasteiger partial charge on any atom is 0.323 e. The average molecular weight is 286 g/mol. The van der Waals surface area contributed by atoms with Gasteiger partial charge in [-0.3, -0.25) is 9.69 Å². The summed E-state index contributed by atoms with van der Waals surface area (Å²) in [7, 11) is 1.58. The Hall–Kier alpha value is -1.26. The predicted molar refractivity (Wildman–Crippen MR) is 75.8 cm³/mol. The van der Waals surface area contributed by atoms with E-state index in [0.717, 1.165) is 5.56 Å². The number of rotatable bonds is 6. The van der Waals surface area contributed by atoms with E-state index >= 15 is 0 Å². The van der Waals surface area contributed by atoms with Crippen LogP contribution >= 0.6 is 11.6 Å². The molecule has 1 aromatic rings. The summed E-state index contributed by atoms with van der Waals surface area (Å²) in [6.45, 7) is 6.32. The molecule has 5 heteroatoms. The van der Waals surface area contributed by atoms with Crippen LogP contribution in [0.2, 0.25) is 5.02 Å². The summed E-state index contributed by atoms with van der Waals surface area (Å²) in [4.78, 5) is 13.2. The highest BCUT2D eigenvalue weighted by molar-refractivity contribution is 6.31.